The van der Waals surface area contributed by atoms with Crippen molar-refractivity contribution in [1.29, 1.82) is 0 Å². The molecule has 11 nitrogen and oxygen atoms in total. The Morgan fingerprint density at radius 1 is 1.13 bits per heavy atom. The van der Waals surface area contributed by atoms with Crippen LogP contribution in [0.1, 0.15) is 50.9 Å². The molecule has 0 unspecified atom stereocenters. The zero-order valence-electron chi connectivity index (χ0n) is 25.1. The summed E-state index contributed by atoms with van der Waals surface area (Å²) in [5.41, 5.74) is 0.115. The maximum atomic E-state index is 15.2. The number of carbonyl (C=O) groups is 1. The summed E-state index contributed by atoms with van der Waals surface area (Å²) in [5.74, 6) is -1.69. The monoisotopic (exact) mass is 637 g/mol. The molecule has 1 saturated heterocycles. The summed E-state index contributed by atoms with van der Waals surface area (Å²) in [6.45, 7) is 8.05. The van der Waals surface area contributed by atoms with Crippen molar-refractivity contribution >= 4 is 34.5 Å². The van der Waals surface area contributed by atoms with Crippen molar-refractivity contribution in [2.24, 2.45) is 0 Å². The lowest BCUT2D eigenvalue weighted by Gasteiger charge is -2.41. The minimum Gasteiger partial charge on any atom is -0.489 e. The van der Waals surface area contributed by atoms with Crippen molar-refractivity contribution < 1.29 is 23.0 Å². The second-order valence-corrected chi connectivity index (χ2v) is 12.9. The van der Waals surface area contributed by atoms with Gasteiger partial charge >= 0.3 is 11.8 Å². The number of benzene rings is 1. The van der Waals surface area contributed by atoms with Crippen LogP contribution in [0.3, 0.4) is 0 Å². The van der Waals surface area contributed by atoms with E-state index in [9.17, 15) is 14.0 Å². The first kappa shape index (κ1) is 29.3. The number of ether oxygens (including phenoxy) is 2. The van der Waals surface area contributed by atoms with Crippen LogP contribution < -0.4 is 15.3 Å². The van der Waals surface area contributed by atoms with Crippen molar-refractivity contribution in [1.82, 2.24) is 29.4 Å². The molecule has 5 heterocycles. The minimum atomic E-state index is -1.14. The van der Waals surface area contributed by atoms with Gasteiger partial charge < -0.3 is 19.3 Å². The smallest absolute Gasteiger partial charge is 0.410 e. The van der Waals surface area contributed by atoms with Crippen LogP contribution >= 0.6 is 11.6 Å². The Kier molecular flexibility index (Phi) is 6.91. The van der Waals surface area contributed by atoms with E-state index in [1.807, 2.05) is 4.90 Å². The van der Waals surface area contributed by atoms with Crippen LogP contribution in [0.4, 0.5) is 19.4 Å². The average Bonchev–Trinajstić information content (AvgIpc) is 3.84. The molecule has 7 rings (SSSR count). The Morgan fingerprint density at radius 3 is 2.64 bits per heavy atom. The van der Waals surface area contributed by atoms with Gasteiger partial charge in [-0.15, -0.1) is 0 Å². The molecule has 1 amide bonds. The number of hydrogen-bond acceptors (Lipinski definition) is 9. The molecule has 14 heteroatoms. The molecular weight excluding hydrogens is 608 g/mol. The zero-order valence-corrected chi connectivity index (χ0v) is 25.9. The third-order valence-corrected chi connectivity index (χ3v) is 8.51. The predicted molar refractivity (Wildman–Crippen MR) is 162 cm³/mol. The molecule has 0 bridgehead atoms. The molecule has 1 aromatic carbocycles. The number of halogens is 3. The van der Waals surface area contributed by atoms with Crippen molar-refractivity contribution in [3.8, 4) is 22.7 Å². The molecule has 2 aliphatic heterocycles. The number of carbonyl (C=O) groups excluding carboxylic acids is 1. The maximum Gasteiger partial charge on any atom is 0.410 e. The van der Waals surface area contributed by atoms with Gasteiger partial charge in [0.05, 0.1) is 28.8 Å². The lowest BCUT2D eigenvalue weighted by Crippen LogP contribution is -2.57. The van der Waals surface area contributed by atoms with Gasteiger partial charge in [-0.1, -0.05) is 17.7 Å². The summed E-state index contributed by atoms with van der Waals surface area (Å²) in [4.78, 5) is 48.7. The Balaban J connectivity index is 1.47. The summed E-state index contributed by atoms with van der Waals surface area (Å²) >= 11 is 6.92. The highest BCUT2D eigenvalue weighted by molar-refractivity contribution is 6.36. The van der Waals surface area contributed by atoms with Gasteiger partial charge in [0.25, 0.3) is 0 Å². The second kappa shape index (κ2) is 10.6. The number of rotatable bonds is 3. The fraction of sp³-hybridized carbons (Fsp3) is 0.419. The molecule has 3 aliphatic rings. The van der Waals surface area contributed by atoms with Crippen molar-refractivity contribution in [3.63, 3.8) is 0 Å². The number of anilines is 1. The van der Waals surface area contributed by atoms with Gasteiger partial charge in [-0.3, -0.25) is 0 Å². The van der Waals surface area contributed by atoms with Gasteiger partial charge in [-0.25, -0.2) is 37.9 Å². The number of aromatic nitrogens is 5. The second-order valence-electron chi connectivity index (χ2n) is 12.5. The van der Waals surface area contributed by atoms with Crippen molar-refractivity contribution in [2.45, 2.75) is 58.1 Å². The van der Waals surface area contributed by atoms with E-state index in [1.54, 1.807) is 32.6 Å². The average molecular weight is 638 g/mol. The summed E-state index contributed by atoms with van der Waals surface area (Å²) in [6, 6.07) is 3.28. The van der Waals surface area contributed by atoms with Gasteiger partial charge in [0, 0.05) is 31.1 Å². The molecule has 1 aliphatic carbocycles. The minimum absolute atomic E-state index is 0.0502. The van der Waals surface area contributed by atoms with E-state index in [-0.39, 0.29) is 52.6 Å². The van der Waals surface area contributed by atoms with E-state index >= 15 is 4.39 Å². The third-order valence-electron chi connectivity index (χ3n) is 8.16. The molecule has 0 radical (unpaired) electrons. The SMILES string of the molecule is Cc1ncnc(C2CC2)c1-n1c(=O)nc2c3c(c(Cl)c(-c4cccc(F)c4F)nc31)OC[C@H]1CN(C(=O)OC(C)(C)C)CCN21. The lowest BCUT2D eigenvalue weighted by molar-refractivity contribution is 0.0202. The van der Waals surface area contributed by atoms with Crippen molar-refractivity contribution in [3.05, 3.63) is 63.1 Å². The van der Waals surface area contributed by atoms with E-state index in [2.05, 4.69) is 15.0 Å². The number of nitrogens with zero attached hydrogens (tertiary/aromatic N) is 7. The predicted octanol–water partition coefficient (Wildman–Crippen LogP) is 5.17. The van der Waals surface area contributed by atoms with Gasteiger partial charge in [0.15, 0.2) is 23.0 Å². The fourth-order valence-electron chi connectivity index (χ4n) is 5.96. The summed E-state index contributed by atoms with van der Waals surface area (Å²) in [7, 11) is 0. The Labute approximate surface area is 261 Å². The Bertz CT molecular complexity index is 1940. The van der Waals surface area contributed by atoms with Crippen LogP contribution in [-0.4, -0.2) is 73.4 Å². The van der Waals surface area contributed by atoms with Gasteiger partial charge in [0.2, 0.25) is 0 Å². The molecule has 0 spiro atoms. The normalized spacial score (nSPS) is 18.0. The van der Waals surface area contributed by atoms with Gasteiger partial charge in [-0.05, 0) is 52.7 Å². The number of amides is 1. The first-order valence-electron chi connectivity index (χ1n) is 14.7. The van der Waals surface area contributed by atoms with E-state index in [0.717, 1.165) is 18.9 Å². The molecule has 234 valence electrons. The largest absolute Gasteiger partial charge is 0.489 e. The van der Waals surface area contributed by atoms with E-state index < -0.39 is 35.1 Å². The van der Waals surface area contributed by atoms with Gasteiger partial charge in [0.1, 0.15) is 34.8 Å². The molecule has 1 saturated carbocycles. The number of pyridine rings is 1. The first-order chi connectivity index (χ1) is 21.4. The molecule has 1 atom stereocenters. The standard InChI is InChI=1S/C31H30ClF2N7O4/c1-15-25(23(16-8-9-16)36-14-35-15)41-28-20-26(21(32)24(37-28)18-6-5-7-19(33)22(18)34)44-13-17-12-39(30(43)45-31(2,3)4)10-11-40(17)27(20)38-29(41)42/h5-7,14,16-17H,8-13H2,1-4H3/t17-/m1/s1. The Morgan fingerprint density at radius 2 is 1.91 bits per heavy atom. The summed E-state index contributed by atoms with van der Waals surface area (Å²) < 4.78 is 42.9. The van der Waals surface area contributed by atoms with Crippen LogP contribution in [0, 0.1) is 18.6 Å². The lowest BCUT2D eigenvalue weighted by atomic mass is 10.1. The first-order valence-corrected chi connectivity index (χ1v) is 15.1. The summed E-state index contributed by atoms with van der Waals surface area (Å²) in [5, 5.41) is 0.269. The van der Waals surface area contributed by atoms with Crippen molar-refractivity contribution in [2.75, 3.05) is 31.1 Å². The zero-order chi connectivity index (χ0) is 31.8. The molecule has 3 aromatic heterocycles. The van der Waals surface area contributed by atoms with Crippen LogP contribution in [-0.2, 0) is 4.74 Å². The van der Waals surface area contributed by atoms with Crippen LogP contribution in [0.25, 0.3) is 28.0 Å². The highest BCUT2D eigenvalue weighted by Crippen LogP contribution is 2.47. The van der Waals surface area contributed by atoms with E-state index in [1.165, 1.54) is 23.0 Å². The number of piperazine rings is 1. The van der Waals surface area contributed by atoms with Crippen LogP contribution in [0.15, 0.2) is 29.3 Å². The topological polar surface area (TPSA) is 116 Å². The molecular formula is C31H30ClF2N7O4. The van der Waals surface area contributed by atoms with Gasteiger partial charge in [-0.2, -0.15) is 4.98 Å². The number of aryl methyl sites for hydroxylation is 1. The molecule has 0 N–H and O–H groups in total. The number of fused-ring (bicyclic) bond motifs is 2. The maximum absolute atomic E-state index is 15.2. The quantitative estimate of drug-likeness (QED) is 0.300. The Hall–Kier alpha value is -4.39. The number of hydrogen-bond donors (Lipinski definition) is 0. The van der Waals surface area contributed by atoms with Crippen LogP contribution in [0.5, 0.6) is 5.75 Å². The van der Waals surface area contributed by atoms with Crippen LogP contribution in [0.2, 0.25) is 5.02 Å². The molecule has 4 aromatic rings. The third kappa shape index (κ3) is 5.02. The van der Waals surface area contributed by atoms with E-state index in [0.29, 0.717) is 35.6 Å². The van der Waals surface area contributed by atoms with E-state index in [4.69, 9.17) is 26.1 Å². The molecule has 45 heavy (non-hydrogen) atoms. The fourth-order valence-corrected chi connectivity index (χ4v) is 6.25. The highest BCUT2D eigenvalue weighted by Gasteiger charge is 2.39. The molecule has 2 fully saturated rings. The highest BCUT2D eigenvalue weighted by atomic mass is 35.5. The summed E-state index contributed by atoms with van der Waals surface area (Å²) in [6.07, 6.45) is 2.79.